The lowest BCUT2D eigenvalue weighted by atomic mass is 10.2. The van der Waals surface area contributed by atoms with Gasteiger partial charge in [-0.2, -0.15) is 0 Å². The number of anilines is 3. The second-order valence-electron chi connectivity index (χ2n) is 5.66. The number of furan rings is 1. The van der Waals surface area contributed by atoms with Crippen LogP contribution in [0.3, 0.4) is 0 Å². The number of fused-ring (bicyclic) bond motifs is 1. The fraction of sp³-hybridized carbons (Fsp3) is 0. The predicted octanol–water partition coefficient (Wildman–Crippen LogP) is 5.43. The Morgan fingerprint density at radius 1 is 0.760 bits per heavy atom. The van der Waals surface area contributed by atoms with Crippen LogP contribution >= 0.6 is 0 Å². The summed E-state index contributed by atoms with van der Waals surface area (Å²) < 4.78 is 5.41. The van der Waals surface area contributed by atoms with Gasteiger partial charge in [-0.15, -0.1) is 0 Å². The van der Waals surface area contributed by atoms with Crippen LogP contribution < -0.4 is 10.6 Å². The SMILES string of the molecule is O=C(Nc1ccc(Nc2cccc3occc23)cc1)c1ccccc1. The highest BCUT2D eigenvalue weighted by molar-refractivity contribution is 6.04. The fourth-order valence-corrected chi connectivity index (χ4v) is 2.69. The Bertz CT molecular complexity index is 1000. The normalized spacial score (nSPS) is 10.6. The molecule has 0 atom stereocenters. The minimum absolute atomic E-state index is 0.121. The molecule has 0 spiro atoms. The number of amides is 1. The van der Waals surface area contributed by atoms with Crippen LogP contribution in [0.2, 0.25) is 0 Å². The van der Waals surface area contributed by atoms with Crippen molar-refractivity contribution >= 4 is 33.9 Å². The van der Waals surface area contributed by atoms with Crippen LogP contribution in [-0.4, -0.2) is 5.91 Å². The summed E-state index contributed by atoms with van der Waals surface area (Å²) in [5.41, 5.74) is 4.15. The number of carbonyl (C=O) groups is 1. The van der Waals surface area contributed by atoms with Crippen LogP contribution in [0.25, 0.3) is 11.0 Å². The highest BCUT2D eigenvalue weighted by Crippen LogP contribution is 2.27. The lowest BCUT2D eigenvalue weighted by Crippen LogP contribution is -2.11. The van der Waals surface area contributed by atoms with Crippen molar-refractivity contribution in [3.05, 3.63) is 90.7 Å². The van der Waals surface area contributed by atoms with Gasteiger partial charge in [0.2, 0.25) is 0 Å². The van der Waals surface area contributed by atoms with E-state index in [0.29, 0.717) is 5.56 Å². The maximum Gasteiger partial charge on any atom is 0.255 e. The molecule has 1 heterocycles. The van der Waals surface area contributed by atoms with Crippen LogP contribution in [0.1, 0.15) is 10.4 Å². The van der Waals surface area contributed by atoms with E-state index in [1.54, 1.807) is 18.4 Å². The van der Waals surface area contributed by atoms with Gasteiger partial charge in [0, 0.05) is 28.0 Å². The Morgan fingerprint density at radius 2 is 1.52 bits per heavy atom. The Balaban J connectivity index is 1.49. The molecular formula is C21H16N2O2. The minimum atomic E-state index is -0.121. The third-order valence-corrected chi connectivity index (χ3v) is 3.95. The average Bonchev–Trinajstić information content (AvgIpc) is 3.14. The van der Waals surface area contributed by atoms with Crippen molar-refractivity contribution in [2.45, 2.75) is 0 Å². The largest absolute Gasteiger partial charge is 0.464 e. The maximum absolute atomic E-state index is 12.2. The summed E-state index contributed by atoms with van der Waals surface area (Å²) in [7, 11) is 0. The molecule has 0 saturated heterocycles. The van der Waals surface area contributed by atoms with Crippen LogP contribution in [0.5, 0.6) is 0 Å². The molecule has 25 heavy (non-hydrogen) atoms. The number of hydrogen-bond acceptors (Lipinski definition) is 3. The van der Waals surface area contributed by atoms with Crippen molar-refractivity contribution in [3.8, 4) is 0 Å². The van der Waals surface area contributed by atoms with Crippen molar-refractivity contribution in [2.75, 3.05) is 10.6 Å². The Labute approximate surface area is 145 Å². The first-order valence-electron chi connectivity index (χ1n) is 7.99. The molecule has 4 rings (SSSR count). The predicted molar refractivity (Wildman–Crippen MR) is 100 cm³/mol. The molecule has 0 aliphatic rings. The van der Waals surface area contributed by atoms with E-state index in [0.717, 1.165) is 28.0 Å². The summed E-state index contributed by atoms with van der Waals surface area (Å²) in [5, 5.41) is 7.30. The van der Waals surface area contributed by atoms with Crippen molar-refractivity contribution in [1.29, 1.82) is 0 Å². The molecule has 4 aromatic rings. The first-order valence-corrected chi connectivity index (χ1v) is 7.99. The fourth-order valence-electron chi connectivity index (χ4n) is 2.69. The number of nitrogens with one attached hydrogen (secondary N) is 2. The Hall–Kier alpha value is -3.53. The van der Waals surface area contributed by atoms with Crippen molar-refractivity contribution < 1.29 is 9.21 Å². The maximum atomic E-state index is 12.2. The van der Waals surface area contributed by atoms with Crippen LogP contribution in [-0.2, 0) is 0 Å². The smallest absolute Gasteiger partial charge is 0.255 e. The Morgan fingerprint density at radius 3 is 2.32 bits per heavy atom. The second kappa shape index (κ2) is 6.53. The molecule has 4 heteroatoms. The van der Waals surface area contributed by atoms with E-state index in [2.05, 4.69) is 10.6 Å². The highest BCUT2D eigenvalue weighted by Gasteiger charge is 2.06. The molecule has 0 unspecified atom stereocenters. The summed E-state index contributed by atoms with van der Waals surface area (Å²) in [5.74, 6) is -0.121. The molecular weight excluding hydrogens is 312 g/mol. The summed E-state index contributed by atoms with van der Waals surface area (Å²) in [6.45, 7) is 0. The summed E-state index contributed by atoms with van der Waals surface area (Å²) in [6.07, 6.45) is 1.68. The molecule has 0 fully saturated rings. The van der Waals surface area contributed by atoms with Crippen molar-refractivity contribution in [1.82, 2.24) is 0 Å². The summed E-state index contributed by atoms with van der Waals surface area (Å²) in [4.78, 5) is 12.2. The molecule has 4 nitrogen and oxygen atoms in total. The molecule has 0 saturated carbocycles. The molecule has 0 radical (unpaired) electrons. The number of rotatable bonds is 4. The van der Waals surface area contributed by atoms with Gasteiger partial charge in [-0.1, -0.05) is 24.3 Å². The lowest BCUT2D eigenvalue weighted by Gasteiger charge is -2.09. The van der Waals surface area contributed by atoms with Crippen molar-refractivity contribution in [2.24, 2.45) is 0 Å². The third kappa shape index (κ3) is 3.23. The van der Waals surface area contributed by atoms with E-state index >= 15 is 0 Å². The monoisotopic (exact) mass is 328 g/mol. The van der Waals surface area contributed by atoms with E-state index in [9.17, 15) is 4.79 Å². The lowest BCUT2D eigenvalue weighted by molar-refractivity contribution is 0.102. The number of hydrogen-bond donors (Lipinski definition) is 2. The summed E-state index contributed by atoms with van der Waals surface area (Å²) >= 11 is 0. The van der Waals surface area contributed by atoms with Crippen LogP contribution in [0.15, 0.2) is 89.5 Å². The van der Waals surface area contributed by atoms with E-state index in [1.165, 1.54) is 0 Å². The van der Waals surface area contributed by atoms with E-state index < -0.39 is 0 Å². The van der Waals surface area contributed by atoms with Gasteiger partial charge in [0.05, 0.1) is 6.26 Å². The first-order chi connectivity index (χ1) is 12.3. The molecule has 3 aromatic carbocycles. The van der Waals surface area contributed by atoms with Gasteiger partial charge >= 0.3 is 0 Å². The van der Waals surface area contributed by atoms with Gasteiger partial charge in [0.15, 0.2) is 0 Å². The quantitative estimate of drug-likeness (QED) is 0.525. The van der Waals surface area contributed by atoms with Gasteiger partial charge in [-0.05, 0) is 54.6 Å². The van der Waals surface area contributed by atoms with Gasteiger partial charge in [0.25, 0.3) is 5.91 Å². The molecule has 0 bridgehead atoms. The molecule has 0 aliphatic carbocycles. The average molecular weight is 328 g/mol. The molecule has 0 aliphatic heterocycles. The van der Waals surface area contributed by atoms with Gasteiger partial charge in [0.1, 0.15) is 5.58 Å². The topological polar surface area (TPSA) is 54.3 Å². The zero-order valence-electron chi connectivity index (χ0n) is 13.4. The van der Waals surface area contributed by atoms with Crippen LogP contribution in [0.4, 0.5) is 17.1 Å². The standard InChI is InChI=1S/C21H16N2O2/c24-21(15-5-2-1-3-6-15)23-17-11-9-16(10-12-17)22-19-7-4-8-20-18(19)13-14-25-20/h1-14,22H,(H,23,24). The zero-order valence-corrected chi connectivity index (χ0v) is 13.4. The first kappa shape index (κ1) is 15.0. The molecule has 122 valence electrons. The van der Waals surface area contributed by atoms with Gasteiger partial charge in [-0.3, -0.25) is 4.79 Å². The molecule has 1 aromatic heterocycles. The highest BCUT2D eigenvalue weighted by atomic mass is 16.3. The molecule has 1 amide bonds. The van der Waals surface area contributed by atoms with E-state index in [4.69, 9.17) is 4.42 Å². The van der Waals surface area contributed by atoms with Gasteiger partial charge < -0.3 is 15.1 Å². The minimum Gasteiger partial charge on any atom is -0.464 e. The second-order valence-corrected chi connectivity index (χ2v) is 5.66. The third-order valence-electron chi connectivity index (χ3n) is 3.95. The van der Waals surface area contributed by atoms with Crippen molar-refractivity contribution in [3.63, 3.8) is 0 Å². The number of benzene rings is 3. The Kier molecular flexibility index (Phi) is 3.92. The van der Waals surface area contributed by atoms with E-state index in [-0.39, 0.29) is 5.91 Å². The number of carbonyl (C=O) groups excluding carboxylic acids is 1. The molecule has 2 N–H and O–H groups in total. The van der Waals surface area contributed by atoms with Gasteiger partial charge in [-0.25, -0.2) is 0 Å². The van der Waals surface area contributed by atoms with E-state index in [1.807, 2.05) is 66.7 Å². The van der Waals surface area contributed by atoms with Crippen LogP contribution in [0, 0.1) is 0 Å². The summed E-state index contributed by atoms with van der Waals surface area (Å²) in [6, 6.07) is 24.6. The zero-order chi connectivity index (χ0) is 17.1.